The van der Waals surface area contributed by atoms with Gasteiger partial charge in [-0.2, -0.15) is 10.2 Å². The Labute approximate surface area is 122 Å². The van der Waals surface area contributed by atoms with Crippen molar-refractivity contribution in [2.75, 3.05) is 5.32 Å². The Hall–Kier alpha value is -2.44. The van der Waals surface area contributed by atoms with E-state index in [0.717, 1.165) is 18.5 Å². The van der Waals surface area contributed by atoms with E-state index in [2.05, 4.69) is 27.5 Å². The molecule has 0 aliphatic carbocycles. The molecule has 112 valence electrons. The van der Waals surface area contributed by atoms with E-state index >= 15 is 0 Å². The molecule has 7 heteroatoms. The molecule has 2 N–H and O–H groups in total. The van der Waals surface area contributed by atoms with Crippen LogP contribution >= 0.6 is 0 Å². The minimum absolute atomic E-state index is 0.102. The van der Waals surface area contributed by atoms with E-state index in [9.17, 15) is 9.59 Å². The fourth-order valence-corrected chi connectivity index (χ4v) is 2.12. The molecule has 0 aliphatic heterocycles. The predicted molar refractivity (Wildman–Crippen MR) is 79.5 cm³/mol. The fourth-order valence-electron chi connectivity index (χ4n) is 2.12. The second kappa shape index (κ2) is 5.90. The zero-order valence-corrected chi connectivity index (χ0v) is 12.6. The highest BCUT2D eigenvalue weighted by atomic mass is 16.2. The van der Waals surface area contributed by atoms with E-state index in [4.69, 9.17) is 0 Å². The van der Waals surface area contributed by atoms with Crippen LogP contribution in [0.5, 0.6) is 0 Å². The first-order chi connectivity index (χ1) is 9.93. The lowest BCUT2D eigenvalue weighted by Crippen LogP contribution is -2.31. The van der Waals surface area contributed by atoms with E-state index in [-0.39, 0.29) is 5.56 Å². The Balaban J connectivity index is 2.30. The maximum atomic E-state index is 12.3. The number of aryl methyl sites for hydroxylation is 3. The number of hydrogen-bond acceptors (Lipinski definition) is 4. The van der Waals surface area contributed by atoms with Crippen LogP contribution in [0.4, 0.5) is 5.82 Å². The van der Waals surface area contributed by atoms with E-state index in [1.165, 1.54) is 11.7 Å². The van der Waals surface area contributed by atoms with Crippen LogP contribution in [0.15, 0.2) is 10.9 Å². The van der Waals surface area contributed by atoms with Crippen molar-refractivity contribution < 1.29 is 4.79 Å². The van der Waals surface area contributed by atoms with Crippen molar-refractivity contribution in [1.29, 1.82) is 0 Å². The molecule has 0 fully saturated rings. The van der Waals surface area contributed by atoms with Gasteiger partial charge in [0, 0.05) is 18.8 Å². The summed E-state index contributed by atoms with van der Waals surface area (Å²) in [5, 5.41) is 13.6. The van der Waals surface area contributed by atoms with Crippen molar-refractivity contribution in [3.63, 3.8) is 0 Å². The molecule has 0 aromatic carbocycles. The smallest absolute Gasteiger partial charge is 0.279 e. The Bertz CT molecular complexity index is 729. The fraction of sp³-hybridized carbons (Fsp3) is 0.429. The van der Waals surface area contributed by atoms with E-state index in [0.29, 0.717) is 17.1 Å². The number of hydrogen-bond donors (Lipinski definition) is 2. The molecule has 2 rings (SSSR count). The number of nitrogens with zero attached hydrogens (tertiary/aromatic N) is 3. The van der Waals surface area contributed by atoms with Crippen molar-refractivity contribution >= 4 is 11.7 Å². The summed E-state index contributed by atoms with van der Waals surface area (Å²) < 4.78 is 1.17. The van der Waals surface area contributed by atoms with Crippen LogP contribution in [-0.4, -0.2) is 25.9 Å². The third-order valence-corrected chi connectivity index (χ3v) is 3.34. The van der Waals surface area contributed by atoms with E-state index < -0.39 is 11.5 Å². The quantitative estimate of drug-likeness (QED) is 0.888. The van der Waals surface area contributed by atoms with Gasteiger partial charge in [-0.25, -0.2) is 4.68 Å². The van der Waals surface area contributed by atoms with Crippen LogP contribution in [0.25, 0.3) is 0 Å². The molecule has 0 spiro atoms. The largest absolute Gasteiger partial charge is 0.305 e. The van der Waals surface area contributed by atoms with Gasteiger partial charge < -0.3 is 5.32 Å². The SMILES string of the molecule is CCCc1cc(NC(=O)c2c(C)c(C)nn(C)c2=O)n[nH]1. The Morgan fingerprint density at radius 3 is 2.81 bits per heavy atom. The monoisotopic (exact) mass is 289 g/mol. The van der Waals surface area contributed by atoms with Crippen molar-refractivity contribution in [3.05, 3.63) is 38.9 Å². The predicted octanol–water partition coefficient (Wildman–Crippen LogP) is 1.33. The number of amides is 1. The lowest BCUT2D eigenvalue weighted by Gasteiger charge is -2.08. The Morgan fingerprint density at radius 1 is 1.43 bits per heavy atom. The molecular weight excluding hydrogens is 270 g/mol. The first-order valence-electron chi connectivity index (χ1n) is 6.84. The van der Waals surface area contributed by atoms with Crippen LogP contribution in [0.1, 0.15) is 40.7 Å². The third-order valence-electron chi connectivity index (χ3n) is 3.34. The summed E-state index contributed by atoms with van der Waals surface area (Å²) in [5.41, 5.74) is 1.86. The number of H-pyrrole nitrogens is 1. The average molecular weight is 289 g/mol. The summed E-state index contributed by atoms with van der Waals surface area (Å²) >= 11 is 0. The lowest BCUT2D eigenvalue weighted by atomic mass is 10.1. The molecule has 0 atom stereocenters. The van der Waals surface area contributed by atoms with Crippen molar-refractivity contribution in [1.82, 2.24) is 20.0 Å². The summed E-state index contributed by atoms with van der Waals surface area (Å²) in [5.74, 6) is -0.0486. The van der Waals surface area contributed by atoms with Gasteiger partial charge in [-0.1, -0.05) is 13.3 Å². The third kappa shape index (κ3) is 3.01. The van der Waals surface area contributed by atoms with Gasteiger partial charge >= 0.3 is 0 Å². The second-order valence-corrected chi connectivity index (χ2v) is 5.00. The second-order valence-electron chi connectivity index (χ2n) is 5.00. The maximum absolute atomic E-state index is 12.3. The highest BCUT2D eigenvalue weighted by Crippen LogP contribution is 2.11. The Kier molecular flexibility index (Phi) is 4.21. The minimum atomic E-state index is -0.465. The normalized spacial score (nSPS) is 10.7. The molecule has 21 heavy (non-hydrogen) atoms. The zero-order chi connectivity index (χ0) is 15.6. The molecule has 2 aromatic rings. The van der Waals surface area contributed by atoms with Gasteiger partial charge in [-0.15, -0.1) is 0 Å². The van der Waals surface area contributed by atoms with Crippen molar-refractivity contribution in [3.8, 4) is 0 Å². The zero-order valence-electron chi connectivity index (χ0n) is 12.6. The number of carbonyl (C=O) groups excluding carboxylic acids is 1. The molecule has 2 aromatic heterocycles. The van der Waals surface area contributed by atoms with E-state index in [1.54, 1.807) is 19.9 Å². The van der Waals surface area contributed by atoms with Gasteiger partial charge in [0.05, 0.1) is 5.69 Å². The van der Waals surface area contributed by atoms with Crippen LogP contribution in [0.3, 0.4) is 0 Å². The van der Waals surface area contributed by atoms with Gasteiger partial charge in [0.1, 0.15) is 5.56 Å². The highest BCUT2D eigenvalue weighted by molar-refractivity contribution is 6.04. The number of rotatable bonds is 4. The van der Waals surface area contributed by atoms with Crippen LogP contribution in [0, 0.1) is 13.8 Å². The van der Waals surface area contributed by atoms with Gasteiger partial charge in [0.15, 0.2) is 5.82 Å². The molecule has 0 unspecified atom stereocenters. The number of anilines is 1. The highest BCUT2D eigenvalue weighted by Gasteiger charge is 2.18. The minimum Gasteiger partial charge on any atom is -0.305 e. The Morgan fingerprint density at radius 2 is 2.14 bits per heavy atom. The molecule has 1 amide bonds. The first-order valence-corrected chi connectivity index (χ1v) is 6.84. The number of aromatic nitrogens is 4. The maximum Gasteiger partial charge on any atom is 0.279 e. The molecular formula is C14H19N5O2. The van der Waals surface area contributed by atoms with Gasteiger partial charge in [0.2, 0.25) is 0 Å². The number of aromatic amines is 1. The topological polar surface area (TPSA) is 92.7 Å². The summed E-state index contributed by atoms with van der Waals surface area (Å²) in [6.07, 6.45) is 1.84. The molecule has 0 bridgehead atoms. The van der Waals surface area contributed by atoms with E-state index in [1.807, 2.05) is 0 Å². The van der Waals surface area contributed by atoms with Gasteiger partial charge in [0.25, 0.3) is 11.5 Å². The van der Waals surface area contributed by atoms with Crippen LogP contribution in [-0.2, 0) is 13.5 Å². The van der Waals surface area contributed by atoms with Gasteiger partial charge in [-0.3, -0.25) is 14.7 Å². The average Bonchev–Trinajstić information content (AvgIpc) is 2.84. The van der Waals surface area contributed by atoms with Crippen molar-refractivity contribution in [2.45, 2.75) is 33.6 Å². The summed E-state index contributed by atoms with van der Waals surface area (Å²) in [6, 6.07) is 1.77. The lowest BCUT2D eigenvalue weighted by molar-refractivity contribution is 0.102. The first kappa shape index (κ1) is 15.0. The molecule has 0 saturated carbocycles. The van der Waals surface area contributed by atoms with Gasteiger partial charge in [-0.05, 0) is 25.8 Å². The number of nitrogens with one attached hydrogen (secondary N) is 2. The molecule has 0 aliphatic rings. The van der Waals surface area contributed by atoms with Crippen LogP contribution in [0.2, 0.25) is 0 Å². The summed E-state index contributed by atoms with van der Waals surface area (Å²) in [7, 11) is 1.53. The summed E-state index contributed by atoms with van der Waals surface area (Å²) in [4.78, 5) is 24.4. The molecule has 0 radical (unpaired) electrons. The standard InChI is InChI=1S/C14H19N5O2/c1-5-6-10-7-11(17-16-10)15-13(20)12-8(2)9(3)18-19(4)14(12)21/h7H,5-6H2,1-4H3,(H2,15,16,17,20). The molecule has 7 nitrogen and oxygen atoms in total. The van der Waals surface area contributed by atoms with Crippen LogP contribution < -0.4 is 10.9 Å². The molecule has 2 heterocycles. The molecule has 0 saturated heterocycles. The van der Waals surface area contributed by atoms with Crippen molar-refractivity contribution in [2.24, 2.45) is 7.05 Å². The number of carbonyl (C=O) groups is 1. The summed E-state index contributed by atoms with van der Waals surface area (Å²) in [6.45, 7) is 5.54.